The zero-order valence-electron chi connectivity index (χ0n) is 27.0. The molecule has 4 rings (SSSR count). The van der Waals surface area contributed by atoms with Gasteiger partial charge < -0.3 is 5.32 Å². The largest absolute Gasteiger partial charge is 0.324 e. The van der Waals surface area contributed by atoms with Crippen LogP contribution in [0, 0.1) is 41.5 Å². The van der Waals surface area contributed by atoms with Gasteiger partial charge in [0.05, 0.1) is 0 Å². The number of aromatic nitrogens is 6. The molecule has 0 aliphatic heterocycles. The number of hydrogen-bond donors (Lipinski definition) is 1. The molecule has 2 aromatic heterocycles. The maximum atomic E-state index is 4.20. The summed E-state index contributed by atoms with van der Waals surface area (Å²) in [5.74, 6) is 4.41. The highest BCUT2D eigenvalue weighted by Crippen LogP contribution is 2.11. The van der Waals surface area contributed by atoms with Crippen molar-refractivity contribution in [2.24, 2.45) is 0 Å². The van der Waals surface area contributed by atoms with Crippen LogP contribution in [0.2, 0.25) is 0 Å². The van der Waals surface area contributed by atoms with Gasteiger partial charge in [0.1, 0.15) is 29.1 Å². The van der Waals surface area contributed by atoms with Gasteiger partial charge in [0, 0.05) is 5.69 Å². The second-order valence-electron chi connectivity index (χ2n) is 6.88. The summed E-state index contributed by atoms with van der Waals surface area (Å²) in [4.78, 5) is 24.5. The Labute approximate surface area is 239 Å². The lowest BCUT2D eigenvalue weighted by Crippen LogP contribution is -2.02. The van der Waals surface area contributed by atoms with Gasteiger partial charge in [-0.1, -0.05) is 109 Å². The highest BCUT2D eigenvalue weighted by Gasteiger charge is 2.00. The van der Waals surface area contributed by atoms with Crippen molar-refractivity contribution in [1.82, 2.24) is 29.9 Å². The fraction of sp³-hybridized carbons (Fsp3) is 0.438. The van der Waals surface area contributed by atoms with Crippen molar-refractivity contribution < 1.29 is 0 Å². The van der Waals surface area contributed by atoms with Crippen molar-refractivity contribution in [3.8, 4) is 0 Å². The van der Waals surface area contributed by atoms with E-state index in [1.165, 1.54) is 5.56 Å². The number of anilines is 2. The quantitative estimate of drug-likeness (QED) is 0.274. The number of aryl methyl sites for hydroxylation is 6. The van der Waals surface area contributed by atoms with E-state index >= 15 is 0 Å². The van der Waals surface area contributed by atoms with Crippen molar-refractivity contribution in [3.05, 3.63) is 95.3 Å². The van der Waals surface area contributed by atoms with Crippen molar-refractivity contribution >= 4 is 11.6 Å². The standard InChI is InChI=1S/C11H12N4.C7H8.C6H9N3.4C2H6/c1-8-12-9(2)14-11(13-8)15-10-6-4-3-5-7-10;1-7-5-3-2-4-6-7;1-4-7-5(2)9-6(3)8-4;4*1-2/h3-7H,1-2H3,(H,12,13,14,15);2-6H,1H3;1-3H3;4*1-2H3. The first kappa shape index (κ1) is 39.8. The molecule has 0 amide bonds. The summed E-state index contributed by atoms with van der Waals surface area (Å²) in [5, 5.41) is 3.12. The van der Waals surface area contributed by atoms with E-state index in [4.69, 9.17) is 0 Å². The molecule has 0 aliphatic rings. The minimum Gasteiger partial charge on any atom is -0.324 e. The third-order valence-corrected chi connectivity index (χ3v) is 3.80. The Bertz CT molecular complexity index is 1000. The summed E-state index contributed by atoms with van der Waals surface area (Å²) in [6, 6.07) is 20.1. The average Bonchev–Trinajstić information content (AvgIpc) is 2.94. The monoisotopic (exact) mass is 535 g/mol. The molecule has 0 aliphatic carbocycles. The topological polar surface area (TPSA) is 89.4 Å². The Balaban J connectivity index is -0.000000466. The molecule has 0 spiro atoms. The molecule has 1 N–H and O–H groups in total. The van der Waals surface area contributed by atoms with E-state index in [-0.39, 0.29) is 0 Å². The highest BCUT2D eigenvalue weighted by molar-refractivity contribution is 5.52. The van der Waals surface area contributed by atoms with Crippen molar-refractivity contribution in [3.63, 3.8) is 0 Å². The summed E-state index contributed by atoms with van der Waals surface area (Å²) in [5.41, 5.74) is 2.30. The van der Waals surface area contributed by atoms with Crippen LogP contribution in [0.5, 0.6) is 0 Å². The lowest BCUT2D eigenvalue weighted by Gasteiger charge is -2.05. The molecule has 0 atom stereocenters. The first-order valence-corrected chi connectivity index (χ1v) is 14.0. The van der Waals surface area contributed by atoms with E-state index in [0.717, 1.165) is 34.8 Å². The van der Waals surface area contributed by atoms with Gasteiger partial charge in [-0.2, -0.15) is 9.97 Å². The molecule has 4 aromatic rings. The van der Waals surface area contributed by atoms with Gasteiger partial charge >= 0.3 is 0 Å². The predicted octanol–water partition coefficient (Wildman–Crippen LogP) is 9.13. The van der Waals surface area contributed by atoms with Crippen molar-refractivity contribution in [2.45, 2.75) is 96.9 Å². The predicted molar refractivity (Wildman–Crippen MR) is 170 cm³/mol. The molecular weight excluding hydrogens is 482 g/mol. The number of hydrogen-bond acceptors (Lipinski definition) is 7. The SMILES string of the molecule is CC.CC.CC.CC.Cc1ccccc1.Cc1nc(C)nc(C)n1.Cc1nc(C)nc(Nc2ccccc2)n1. The van der Waals surface area contributed by atoms with E-state index < -0.39 is 0 Å². The van der Waals surface area contributed by atoms with Crippen LogP contribution in [-0.4, -0.2) is 29.9 Å². The molecule has 216 valence electrons. The summed E-state index contributed by atoms with van der Waals surface area (Å²) >= 11 is 0. The van der Waals surface area contributed by atoms with Gasteiger partial charge in [-0.05, 0) is 53.7 Å². The molecule has 0 unspecified atom stereocenters. The van der Waals surface area contributed by atoms with Crippen LogP contribution in [0.3, 0.4) is 0 Å². The minimum atomic E-state index is 0.589. The van der Waals surface area contributed by atoms with Gasteiger partial charge in [0.25, 0.3) is 0 Å². The Morgan fingerprint density at radius 2 is 0.667 bits per heavy atom. The van der Waals surface area contributed by atoms with Gasteiger partial charge in [-0.25, -0.2) is 19.9 Å². The molecular formula is C32H53N7. The lowest BCUT2D eigenvalue weighted by molar-refractivity contribution is 0.875. The van der Waals surface area contributed by atoms with E-state index in [1.807, 2.05) is 139 Å². The molecule has 7 nitrogen and oxygen atoms in total. The van der Waals surface area contributed by atoms with Crippen molar-refractivity contribution in [2.75, 3.05) is 5.32 Å². The maximum Gasteiger partial charge on any atom is 0.230 e. The first-order chi connectivity index (χ1) is 18.8. The smallest absolute Gasteiger partial charge is 0.230 e. The van der Waals surface area contributed by atoms with Crippen LogP contribution in [0.4, 0.5) is 11.6 Å². The fourth-order valence-corrected chi connectivity index (χ4v) is 2.63. The summed E-state index contributed by atoms with van der Waals surface area (Å²) < 4.78 is 0. The number of rotatable bonds is 2. The van der Waals surface area contributed by atoms with Crippen LogP contribution in [-0.2, 0) is 0 Å². The highest BCUT2D eigenvalue weighted by atomic mass is 15.2. The van der Waals surface area contributed by atoms with Crippen LogP contribution in [0.1, 0.15) is 90.1 Å². The molecule has 39 heavy (non-hydrogen) atoms. The summed E-state index contributed by atoms with van der Waals surface area (Å²) in [6.07, 6.45) is 0. The Kier molecular flexibility index (Phi) is 27.8. The summed E-state index contributed by atoms with van der Waals surface area (Å²) in [6.45, 7) is 27.4. The Morgan fingerprint density at radius 1 is 0.385 bits per heavy atom. The van der Waals surface area contributed by atoms with Crippen molar-refractivity contribution in [1.29, 1.82) is 0 Å². The van der Waals surface area contributed by atoms with E-state index in [2.05, 4.69) is 54.3 Å². The molecule has 0 saturated heterocycles. The zero-order chi connectivity index (χ0) is 30.6. The van der Waals surface area contributed by atoms with Gasteiger partial charge in [-0.3, -0.25) is 0 Å². The van der Waals surface area contributed by atoms with Crippen LogP contribution in [0.15, 0.2) is 60.7 Å². The molecule has 0 radical (unpaired) electrons. The number of para-hydroxylation sites is 1. The normalized spacial score (nSPS) is 8.26. The van der Waals surface area contributed by atoms with E-state index in [0.29, 0.717) is 5.95 Å². The van der Waals surface area contributed by atoms with Gasteiger partial charge in [-0.15, -0.1) is 0 Å². The number of nitrogens with one attached hydrogen (secondary N) is 1. The molecule has 7 heteroatoms. The number of benzene rings is 2. The molecule has 2 heterocycles. The summed E-state index contributed by atoms with van der Waals surface area (Å²) in [7, 11) is 0. The Morgan fingerprint density at radius 3 is 0.949 bits per heavy atom. The minimum absolute atomic E-state index is 0.589. The van der Waals surface area contributed by atoms with Crippen LogP contribution >= 0.6 is 0 Å². The maximum absolute atomic E-state index is 4.20. The average molecular weight is 536 g/mol. The van der Waals surface area contributed by atoms with Crippen LogP contribution in [0.25, 0.3) is 0 Å². The van der Waals surface area contributed by atoms with Gasteiger partial charge in [0.2, 0.25) is 5.95 Å². The molecule has 0 bridgehead atoms. The second kappa shape index (κ2) is 27.3. The van der Waals surface area contributed by atoms with E-state index in [1.54, 1.807) is 0 Å². The number of nitrogens with zero attached hydrogens (tertiary/aromatic N) is 6. The third-order valence-electron chi connectivity index (χ3n) is 3.80. The van der Waals surface area contributed by atoms with Gasteiger partial charge in [0.15, 0.2) is 0 Å². The Hall–Kier alpha value is -3.74. The second-order valence-corrected chi connectivity index (χ2v) is 6.88. The first-order valence-electron chi connectivity index (χ1n) is 14.0. The molecule has 2 aromatic carbocycles. The molecule has 0 fully saturated rings. The molecule has 0 saturated carbocycles. The zero-order valence-corrected chi connectivity index (χ0v) is 27.0. The fourth-order valence-electron chi connectivity index (χ4n) is 2.63. The lowest BCUT2D eigenvalue weighted by atomic mass is 10.2. The van der Waals surface area contributed by atoms with Crippen LogP contribution < -0.4 is 5.32 Å². The van der Waals surface area contributed by atoms with E-state index in [9.17, 15) is 0 Å². The third kappa shape index (κ3) is 22.0.